The number of aromatic hydroxyl groups is 1. The summed E-state index contributed by atoms with van der Waals surface area (Å²) < 4.78 is 0. The van der Waals surface area contributed by atoms with E-state index in [0.717, 1.165) is 16.5 Å². The number of aliphatic imine (C=N–C) groups is 1. The maximum absolute atomic E-state index is 14.2. The summed E-state index contributed by atoms with van der Waals surface area (Å²) in [4.78, 5) is 88.5. The number of hydrogen-bond donors (Lipinski definition) is 12. The van der Waals surface area contributed by atoms with Gasteiger partial charge in [0, 0.05) is 30.1 Å². The van der Waals surface area contributed by atoms with E-state index in [0.29, 0.717) is 37.1 Å². The average molecular weight is 881 g/mol. The predicted molar refractivity (Wildman–Crippen MR) is 241 cm³/mol. The molecule has 0 bridgehead atoms. The highest BCUT2D eigenvalue weighted by molar-refractivity contribution is 7.98. The molecule has 62 heavy (non-hydrogen) atoms. The number of nitrogens with two attached hydrogens (primary N) is 5. The zero-order valence-electron chi connectivity index (χ0n) is 35.7. The van der Waals surface area contributed by atoms with Gasteiger partial charge in [-0.25, -0.2) is 0 Å². The van der Waals surface area contributed by atoms with Crippen molar-refractivity contribution in [1.29, 1.82) is 0 Å². The summed E-state index contributed by atoms with van der Waals surface area (Å²) in [5, 5.41) is 24.5. The number of benzene rings is 2. The number of thioether (sulfide) groups is 1. The largest absolute Gasteiger partial charge is 0.508 e. The van der Waals surface area contributed by atoms with Gasteiger partial charge in [0.15, 0.2) is 5.96 Å². The Kier molecular flexibility index (Phi) is 21.0. The fourth-order valence-electron chi connectivity index (χ4n) is 6.64. The van der Waals surface area contributed by atoms with Crippen LogP contribution in [0.15, 0.2) is 59.7 Å². The fourth-order valence-corrected chi connectivity index (χ4v) is 7.11. The number of hydrogen-bond acceptors (Lipinski definition) is 11. The molecule has 20 heteroatoms. The van der Waals surface area contributed by atoms with E-state index in [9.17, 15) is 33.9 Å². The smallest absolute Gasteiger partial charge is 0.243 e. The van der Waals surface area contributed by atoms with Gasteiger partial charge in [0.2, 0.25) is 35.4 Å². The van der Waals surface area contributed by atoms with Gasteiger partial charge in [0.05, 0.1) is 6.04 Å². The molecule has 1 aromatic heterocycles. The third kappa shape index (κ3) is 16.5. The number of phenolic OH excluding ortho intramolecular Hbond substituents is 1. The maximum Gasteiger partial charge on any atom is 0.243 e. The van der Waals surface area contributed by atoms with Gasteiger partial charge < -0.3 is 65.3 Å². The molecule has 0 fully saturated rings. The van der Waals surface area contributed by atoms with E-state index in [4.69, 9.17) is 28.7 Å². The number of para-hydroxylation sites is 1. The number of phenols is 1. The lowest BCUT2D eigenvalue weighted by Gasteiger charge is -2.28. The molecule has 1 heterocycles. The van der Waals surface area contributed by atoms with Crippen molar-refractivity contribution in [3.8, 4) is 5.75 Å². The highest BCUT2D eigenvalue weighted by Crippen LogP contribution is 2.19. The quantitative estimate of drug-likeness (QED) is 0.0262. The zero-order valence-corrected chi connectivity index (χ0v) is 36.5. The zero-order chi connectivity index (χ0) is 45.8. The summed E-state index contributed by atoms with van der Waals surface area (Å²) >= 11 is 1.43. The molecule has 6 atom stereocenters. The highest BCUT2D eigenvalue weighted by Gasteiger charge is 2.34. The number of nitrogens with zero attached hydrogens (tertiary/aromatic N) is 1. The van der Waals surface area contributed by atoms with E-state index in [1.165, 1.54) is 23.9 Å². The number of carbonyl (C=O) groups excluding carboxylic acids is 6. The molecule has 0 aliphatic carbocycles. The highest BCUT2D eigenvalue weighted by atomic mass is 32.2. The molecular weight excluding hydrogens is 817 g/mol. The molecular formula is C42H64N12O7S. The molecule has 0 unspecified atom stereocenters. The van der Waals surface area contributed by atoms with E-state index in [1.807, 2.05) is 30.5 Å². The molecule has 0 spiro atoms. The Morgan fingerprint density at radius 1 is 0.726 bits per heavy atom. The summed E-state index contributed by atoms with van der Waals surface area (Å²) in [5.74, 6) is -4.16. The molecule has 6 amide bonds. The van der Waals surface area contributed by atoms with E-state index in [1.54, 1.807) is 32.2 Å². The Morgan fingerprint density at radius 3 is 1.97 bits per heavy atom. The Hall–Kier alpha value is -5.86. The topological polar surface area (TPSA) is 341 Å². The molecule has 3 aromatic rings. The Balaban J connectivity index is 1.82. The second-order valence-electron chi connectivity index (χ2n) is 15.4. The Morgan fingerprint density at radius 2 is 1.32 bits per heavy atom. The van der Waals surface area contributed by atoms with Gasteiger partial charge in [0.25, 0.3) is 0 Å². The van der Waals surface area contributed by atoms with Crippen LogP contribution in [-0.4, -0.2) is 113 Å². The number of aromatic amines is 1. The number of unbranched alkanes of at least 4 members (excludes halogenated alkanes) is 1. The minimum Gasteiger partial charge on any atom is -0.508 e. The molecule has 0 aliphatic rings. The van der Waals surface area contributed by atoms with Crippen molar-refractivity contribution < 1.29 is 33.9 Å². The number of H-pyrrole nitrogens is 1. The summed E-state index contributed by atoms with van der Waals surface area (Å²) in [6.45, 7) is 3.99. The molecule has 3 rings (SSSR count). The van der Waals surface area contributed by atoms with Gasteiger partial charge in [-0.15, -0.1) is 0 Å². The predicted octanol–water partition coefficient (Wildman–Crippen LogP) is -0.513. The van der Waals surface area contributed by atoms with Crippen molar-refractivity contribution in [3.05, 3.63) is 65.9 Å². The fraction of sp³-hybridized carbons (Fsp3) is 0.500. The first-order valence-electron chi connectivity index (χ1n) is 20.7. The van der Waals surface area contributed by atoms with E-state index >= 15 is 0 Å². The number of primary amides is 1. The molecule has 0 aliphatic heterocycles. The lowest BCUT2D eigenvalue weighted by atomic mass is 10.0. The first-order valence-corrected chi connectivity index (χ1v) is 22.1. The maximum atomic E-state index is 14.2. The van der Waals surface area contributed by atoms with E-state index in [-0.39, 0.29) is 50.4 Å². The van der Waals surface area contributed by atoms with Crippen molar-refractivity contribution in [3.63, 3.8) is 0 Å². The normalized spacial score (nSPS) is 14.1. The first kappa shape index (κ1) is 50.5. The van der Waals surface area contributed by atoms with Crippen molar-refractivity contribution in [2.24, 2.45) is 39.6 Å². The first-order chi connectivity index (χ1) is 29.5. The number of rotatable bonds is 27. The van der Waals surface area contributed by atoms with Gasteiger partial charge in [-0.3, -0.25) is 33.8 Å². The van der Waals surface area contributed by atoms with Crippen LogP contribution in [0.1, 0.15) is 63.5 Å². The second-order valence-corrected chi connectivity index (χ2v) is 16.4. The van der Waals surface area contributed by atoms with Crippen LogP contribution in [0.3, 0.4) is 0 Å². The molecule has 19 nitrogen and oxygen atoms in total. The molecule has 0 saturated heterocycles. The van der Waals surface area contributed by atoms with Gasteiger partial charge in [-0.2, -0.15) is 11.8 Å². The summed E-state index contributed by atoms with van der Waals surface area (Å²) in [6.07, 6.45) is 5.68. The molecule has 2 aromatic carbocycles. The summed E-state index contributed by atoms with van der Waals surface area (Å²) in [7, 11) is 0. The van der Waals surface area contributed by atoms with Gasteiger partial charge in [0.1, 0.15) is 36.0 Å². The van der Waals surface area contributed by atoms with Crippen LogP contribution in [0.25, 0.3) is 10.9 Å². The second kappa shape index (κ2) is 25.8. The van der Waals surface area contributed by atoms with E-state index in [2.05, 4.69) is 36.6 Å². The third-order valence-electron chi connectivity index (χ3n) is 10.1. The number of fused-ring (bicyclic) bond motifs is 1. The lowest BCUT2D eigenvalue weighted by molar-refractivity contribution is -0.135. The van der Waals surface area contributed by atoms with Crippen molar-refractivity contribution in [2.45, 2.75) is 101 Å². The number of nitrogens with one attached hydrogen (secondary N) is 6. The van der Waals surface area contributed by atoms with Crippen molar-refractivity contribution in [1.82, 2.24) is 31.6 Å². The van der Waals surface area contributed by atoms with Crippen LogP contribution in [-0.2, 0) is 41.6 Å². The minimum atomic E-state index is -1.26. The van der Waals surface area contributed by atoms with Crippen LogP contribution in [0.4, 0.5) is 0 Å². The third-order valence-corrected chi connectivity index (χ3v) is 10.8. The van der Waals surface area contributed by atoms with Gasteiger partial charge >= 0.3 is 0 Å². The number of guanidine groups is 1. The molecule has 0 saturated carbocycles. The Bertz CT molecular complexity index is 1970. The van der Waals surface area contributed by atoms with Crippen LogP contribution in [0.2, 0.25) is 0 Å². The van der Waals surface area contributed by atoms with Gasteiger partial charge in [-0.1, -0.05) is 44.2 Å². The van der Waals surface area contributed by atoms with Crippen LogP contribution in [0, 0.1) is 5.92 Å². The van der Waals surface area contributed by atoms with E-state index < -0.39 is 77.6 Å². The molecule has 340 valence electrons. The van der Waals surface area contributed by atoms with Crippen LogP contribution < -0.4 is 55.3 Å². The number of aromatic nitrogens is 1. The summed E-state index contributed by atoms with van der Waals surface area (Å²) in [6, 6.07) is 6.99. The molecule has 17 N–H and O–H groups in total. The Labute approximate surface area is 366 Å². The molecule has 0 radical (unpaired) electrons. The lowest BCUT2D eigenvalue weighted by Crippen LogP contribution is -2.60. The van der Waals surface area contributed by atoms with Crippen molar-refractivity contribution >= 4 is 64.1 Å². The van der Waals surface area contributed by atoms with Crippen LogP contribution >= 0.6 is 11.8 Å². The van der Waals surface area contributed by atoms with Crippen molar-refractivity contribution in [2.75, 3.05) is 25.1 Å². The van der Waals surface area contributed by atoms with Crippen LogP contribution in [0.5, 0.6) is 5.75 Å². The number of carbonyl (C=O) groups is 6. The monoisotopic (exact) mass is 880 g/mol. The van der Waals surface area contributed by atoms with Gasteiger partial charge in [-0.05, 0) is 98.7 Å². The SMILES string of the molecule is CSCC[C@H](NC(=O)[C@H](Cc1ccc(O)cc1)NC(=O)[C@H](CCCCN)NC(=O)[C@@H](N)Cc1c[nH]c2ccccc12)C(=O)N[C@H](C(=O)N[C@@H](CCCN=C(N)N)C(N)=O)C(C)C. The summed E-state index contributed by atoms with van der Waals surface area (Å²) in [5.41, 5.74) is 30.7. The minimum absolute atomic E-state index is 0.00363. The number of amides is 6. The average Bonchev–Trinajstić information content (AvgIpc) is 3.64. The standard InChI is InChI=1S/C42H64N12O7S/c1-24(2)35(41(61)50-31(36(45)56)12-8-19-48-42(46)47)54-39(59)33(17-20-62-3)52-40(60)34(21-25-13-15-27(55)16-14-25)53-38(58)32(11-6-7-18-43)51-37(57)29(44)22-26-23-49-30-10-5-4-9-28(26)30/h4-5,9-10,13-16,23-24,29,31-35,49,55H,6-8,11-12,17-22,43-44H2,1-3H3,(H2,45,56)(H,50,61)(H,51,57)(H,52,60)(H,53,58)(H,54,59)(H4,46,47,48)/t29-,31-,32-,33-,34-,35-/m0/s1.